The van der Waals surface area contributed by atoms with Gasteiger partial charge in [0.25, 0.3) is 6.71 Å². The number of fused-ring (bicyclic) bond motifs is 5. The molecule has 0 fully saturated rings. The summed E-state index contributed by atoms with van der Waals surface area (Å²) >= 11 is 0. The molecule has 0 saturated carbocycles. The third-order valence-electron chi connectivity index (χ3n) is 18.5. The van der Waals surface area contributed by atoms with Crippen LogP contribution in [-0.4, -0.2) is 6.71 Å². The second-order valence-corrected chi connectivity index (χ2v) is 27.5. The van der Waals surface area contributed by atoms with E-state index in [2.05, 4.69) is 301 Å². The Labute approximate surface area is 473 Å². The van der Waals surface area contributed by atoms with E-state index in [0.29, 0.717) is 0 Å². The van der Waals surface area contributed by atoms with Crippen molar-refractivity contribution in [3.63, 3.8) is 0 Å². The first-order chi connectivity index (χ1) is 37.5. The Balaban J connectivity index is 1.22. The molecule has 2 nitrogen and oxygen atoms in total. The Bertz CT molecular complexity index is 3730. The average Bonchev–Trinajstić information content (AvgIpc) is 3.62. The van der Waals surface area contributed by atoms with E-state index in [4.69, 9.17) is 0 Å². The lowest BCUT2D eigenvalue weighted by Crippen LogP contribution is -2.62. The van der Waals surface area contributed by atoms with E-state index in [0.717, 1.165) is 12.8 Å². The van der Waals surface area contributed by atoms with Crippen LogP contribution >= 0.6 is 0 Å². The Morgan fingerprint density at radius 3 is 1.43 bits per heavy atom. The first-order valence-electron chi connectivity index (χ1n) is 29.2. The van der Waals surface area contributed by atoms with Crippen LogP contribution in [0.2, 0.25) is 0 Å². The summed E-state index contributed by atoms with van der Waals surface area (Å²) in [5, 5.41) is 0. The predicted molar refractivity (Wildman–Crippen MR) is 342 cm³/mol. The molecule has 9 aromatic rings. The fourth-order valence-corrected chi connectivity index (χ4v) is 13.3. The Kier molecular flexibility index (Phi) is 12.5. The van der Waals surface area contributed by atoms with Gasteiger partial charge in [-0.15, -0.1) is 0 Å². The van der Waals surface area contributed by atoms with E-state index >= 15 is 0 Å². The highest BCUT2D eigenvalue weighted by Crippen LogP contribution is 2.53. The van der Waals surface area contributed by atoms with Crippen LogP contribution in [0.5, 0.6) is 0 Å². The summed E-state index contributed by atoms with van der Waals surface area (Å²) in [6.07, 6.45) is 2.28. The zero-order chi connectivity index (χ0) is 55.6. The maximum atomic E-state index is 2.73. The lowest BCUT2D eigenvalue weighted by molar-refractivity contribution is 0.332. The molecule has 1 aliphatic carbocycles. The maximum absolute atomic E-state index is 2.73. The van der Waals surface area contributed by atoms with Gasteiger partial charge in [-0.1, -0.05) is 224 Å². The first-order valence-corrected chi connectivity index (χ1v) is 29.2. The predicted octanol–water partition coefficient (Wildman–Crippen LogP) is 19.2. The molecule has 0 unspecified atom stereocenters. The van der Waals surface area contributed by atoms with E-state index in [1.165, 1.54) is 123 Å². The molecule has 396 valence electrons. The van der Waals surface area contributed by atoms with Gasteiger partial charge >= 0.3 is 0 Å². The summed E-state index contributed by atoms with van der Waals surface area (Å²) in [6.45, 7) is 33.5. The number of hydrogen-bond donors (Lipinski definition) is 0. The molecule has 0 spiro atoms. The minimum absolute atomic E-state index is 0.00393. The summed E-state index contributed by atoms with van der Waals surface area (Å²) in [4.78, 5) is 5.35. The normalized spacial score (nSPS) is 15.4. The fourth-order valence-electron chi connectivity index (χ4n) is 13.3. The zero-order valence-electron chi connectivity index (χ0n) is 49.4. The van der Waals surface area contributed by atoms with E-state index in [9.17, 15) is 0 Å². The summed E-state index contributed by atoms with van der Waals surface area (Å²) in [6, 6.07) is 75.2. The molecule has 0 bridgehead atoms. The molecule has 0 aromatic heterocycles. The SMILES string of the molecule is CC(C)c1cc2c3c(c1)N(c1ccc(C(C)(C)C)cc1-c1cc(-c4ccccc4)cc(-c4ccccc4)c1)c1cc4c(cc1B3c1cc(C(C)(C)c3ccccc3)ccc1N2c1ccc(C(C)(C)C)cc1)C(C)(C)CCC4(C)C. The van der Waals surface area contributed by atoms with Crippen molar-refractivity contribution in [1.29, 1.82) is 0 Å². The Morgan fingerprint density at radius 1 is 0.392 bits per heavy atom. The Hall–Kier alpha value is -7.36. The summed E-state index contributed by atoms with van der Waals surface area (Å²) in [5.41, 5.74) is 28.0. The maximum Gasteiger partial charge on any atom is 0.252 e. The number of anilines is 6. The van der Waals surface area contributed by atoms with Gasteiger partial charge in [-0.3, -0.25) is 0 Å². The molecule has 9 aromatic carbocycles. The van der Waals surface area contributed by atoms with E-state index < -0.39 is 0 Å². The van der Waals surface area contributed by atoms with Gasteiger partial charge in [-0.05, 0) is 190 Å². The molecule has 0 N–H and O–H groups in total. The second kappa shape index (κ2) is 18.9. The van der Waals surface area contributed by atoms with Crippen LogP contribution < -0.4 is 26.2 Å². The van der Waals surface area contributed by atoms with Crippen LogP contribution in [0, 0.1) is 0 Å². The minimum Gasteiger partial charge on any atom is -0.311 e. The lowest BCUT2D eigenvalue weighted by Gasteiger charge is -2.48. The second-order valence-electron chi connectivity index (χ2n) is 27.5. The van der Waals surface area contributed by atoms with E-state index in [1.54, 1.807) is 0 Å². The van der Waals surface area contributed by atoms with Crippen molar-refractivity contribution in [3.05, 3.63) is 233 Å². The standard InChI is InChI=1S/C76H79BN2/c1-49(2)52-43-69-71-70(44-52)79(66-36-32-58(73(6,7)8)45-61(66)55-41-53(50-24-18-15-19-25-50)40-54(42-55)51-26-20-16-21-27-51)68-48-63-62(74(9,10)38-39-75(63,11)12)47-65(68)77(71)64-46-59(76(13,14)57-28-22-17-23-29-57)33-37-67(64)78(69)60-34-30-56(31-35-60)72(3,4)5/h15-37,40-49H,38-39H2,1-14H3. The largest absolute Gasteiger partial charge is 0.311 e. The van der Waals surface area contributed by atoms with Gasteiger partial charge in [-0.2, -0.15) is 0 Å². The van der Waals surface area contributed by atoms with Gasteiger partial charge in [0.15, 0.2) is 0 Å². The van der Waals surface area contributed by atoms with Crippen LogP contribution in [0.15, 0.2) is 194 Å². The van der Waals surface area contributed by atoms with Gasteiger partial charge < -0.3 is 9.80 Å². The lowest BCUT2D eigenvalue weighted by atomic mass is 9.32. The molecule has 2 aliphatic heterocycles. The van der Waals surface area contributed by atoms with Crippen LogP contribution in [-0.2, 0) is 27.1 Å². The summed E-state index contributed by atoms with van der Waals surface area (Å²) in [5.74, 6) is 0.269. The zero-order valence-corrected chi connectivity index (χ0v) is 49.4. The van der Waals surface area contributed by atoms with Gasteiger partial charge in [0.05, 0.1) is 5.69 Å². The molecule has 3 aliphatic rings. The van der Waals surface area contributed by atoms with E-state index in [-0.39, 0.29) is 39.7 Å². The number of rotatable bonds is 8. The molecule has 2 heterocycles. The van der Waals surface area contributed by atoms with Gasteiger partial charge in [-0.25, -0.2) is 0 Å². The van der Waals surface area contributed by atoms with Crippen LogP contribution in [0.3, 0.4) is 0 Å². The summed E-state index contributed by atoms with van der Waals surface area (Å²) < 4.78 is 0. The Morgan fingerprint density at radius 2 is 0.873 bits per heavy atom. The molecular weight excluding hydrogens is 952 g/mol. The average molecular weight is 1030 g/mol. The van der Waals surface area contributed by atoms with Gasteiger partial charge in [0.2, 0.25) is 0 Å². The van der Waals surface area contributed by atoms with E-state index in [1.807, 2.05) is 0 Å². The molecular formula is C76H79BN2. The van der Waals surface area contributed by atoms with Gasteiger partial charge in [0, 0.05) is 39.4 Å². The van der Waals surface area contributed by atoms with Crippen molar-refractivity contribution in [2.45, 2.75) is 143 Å². The third-order valence-corrected chi connectivity index (χ3v) is 18.5. The fraction of sp³-hybridized carbons (Fsp3) is 0.289. The molecule has 0 amide bonds. The molecule has 0 atom stereocenters. The summed E-state index contributed by atoms with van der Waals surface area (Å²) in [7, 11) is 0. The van der Waals surface area contributed by atoms with Crippen LogP contribution in [0.4, 0.5) is 34.1 Å². The van der Waals surface area contributed by atoms with Crippen molar-refractivity contribution in [2.24, 2.45) is 0 Å². The van der Waals surface area contributed by atoms with Crippen molar-refractivity contribution < 1.29 is 0 Å². The van der Waals surface area contributed by atoms with Crippen molar-refractivity contribution in [2.75, 3.05) is 9.80 Å². The highest BCUT2D eigenvalue weighted by Gasteiger charge is 2.47. The van der Waals surface area contributed by atoms with Gasteiger partial charge in [0.1, 0.15) is 0 Å². The molecule has 12 rings (SSSR count). The smallest absolute Gasteiger partial charge is 0.252 e. The highest BCUT2D eigenvalue weighted by molar-refractivity contribution is 7.00. The van der Waals surface area contributed by atoms with Crippen molar-refractivity contribution in [1.82, 2.24) is 0 Å². The van der Waals surface area contributed by atoms with Crippen molar-refractivity contribution in [3.8, 4) is 33.4 Å². The quantitative estimate of drug-likeness (QED) is 0.140. The minimum atomic E-state index is -0.248. The number of nitrogens with zero attached hydrogens (tertiary/aromatic N) is 2. The molecule has 3 heteroatoms. The van der Waals surface area contributed by atoms with Crippen molar-refractivity contribution >= 4 is 57.2 Å². The number of hydrogen-bond acceptors (Lipinski definition) is 2. The molecule has 79 heavy (non-hydrogen) atoms. The van der Waals surface area contributed by atoms with Crippen LogP contribution in [0.1, 0.15) is 155 Å². The monoisotopic (exact) mass is 1030 g/mol. The van der Waals surface area contributed by atoms with Crippen LogP contribution in [0.25, 0.3) is 33.4 Å². The first kappa shape index (κ1) is 52.3. The third kappa shape index (κ3) is 9.06. The topological polar surface area (TPSA) is 6.48 Å². The highest BCUT2D eigenvalue weighted by atomic mass is 15.2. The molecule has 0 radical (unpaired) electrons. The molecule has 0 saturated heterocycles. The number of benzene rings is 9.